The maximum atomic E-state index is 14.2. The van der Waals surface area contributed by atoms with Crippen molar-refractivity contribution in [1.82, 2.24) is 25.8 Å². The van der Waals surface area contributed by atoms with E-state index in [9.17, 15) is 29.1 Å². The van der Waals surface area contributed by atoms with E-state index in [-0.39, 0.29) is 30.7 Å². The number of carbonyl (C=O) groups is 5. The van der Waals surface area contributed by atoms with Crippen LogP contribution in [0.25, 0.3) is 10.9 Å². The number of carboxylic acids is 1. The number of nitrogens with zero attached hydrogens (tertiary/aromatic N) is 2. The molecule has 2 aromatic rings. The molecule has 0 unspecified atom stereocenters. The fraction of sp³-hybridized carbons (Fsp3) is 0.576. The van der Waals surface area contributed by atoms with Crippen LogP contribution in [0.5, 0.6) is 5.75 Å². The number of carboxylic acid groups (broad SMARTS) is 1. The van der Waals surface area contributed by atoms with E-state index in [4.69, 9.17) is 4.74 Å². The number of carbonyl (C=O) groups excluding carboxylic acids is 4. The van der Waals surface area contributed by atoms with Gasteiger partial charge in [-0.05, 0) is 49.7 Å². The van der Waals surface area contributed by atoms with E-state index >= 15 is 0 Å². The van der Waals surface area contributed by atoms with E-state index in [1.807, 2.05) is 24.3 Å². The summed E-state index contributed by atoms with van der Waals surface area (Å²) in [5.41, 5.74) is -0.686. The zero-order valence-corrected chi connectivity index (χ0v) is 26.1. The number of aromatic nitrogens is 1. The van der Waals surface area contributed by atoms with Crippen molar-refractivity contribution in [3.63, 3.8) is 0 Å². The van der Waals surface area contributed by atoms with E-state index in [1.54, 1.807) is 26.1 Å². The van der Waals surface area contributed by atoms with Gasteiger partial charge < -0.3 is 30.7 Å². The smallest absolute Gasteiger partial charge is 0.329 e. The van der Waals surface area contributed by atoms with E-state index < -0.39 is 53.5 Å². The zero-order valence-electron chi connectivity index (χ0n) is 26.1. The molecule has 3 fully saturated rings. The highest BCUT2D eigenvalue weighted by atomic mass is 16.5. The van der Waals surface area contributed by atoms with E-state index in [2.05, 4.69) is 20.9 Å². The minimum atomic E-state index is -1.33. The first-order valence-electron chi connectivity index (χ1n) is 15.9. The average molecular weight is 622 g/mol. The SMILES string of the molecule is CC(=O)N[C@H](C(=O)N[C@H](C(=O)N1C[C@H](Oc2cccc3cccnc23)C[C@H]1C(=O)NC1(C(=O)O)CC1)C(C)C)C1CCCCC1. The van der Waals surface area contributed by atoms with Gasteiger partial charge in [-0.2, -0.15) is 0 Å². The summed E-state index contributed by atoms with van der Waals surface area (Å²) in [5.74, 6) is -2.76. The van der Waals surface area contributed by atoms with Crippen LogP contribution in [0.15, 0.2) is 36.5 Å². The number of fused-ring (bicyclic) bond motifs is 1. The molecule has 45 heavy (non-hydrogen) atoms. The van der Waals surface area contributed by atoms with Gasteiger partial charge in [0.2, 0.25) is 23.6 Å². The van der Waals surface area contributed by atoms with Crippen LogP contribution in [0.4, 0.5) is 0 Å². The molecule has 1 saturated heterocycles. The Hall–Kier alpha value is -4.22. The maximum Gasteiger partial charge on any atom is 0.329 e. The standard InChI is InChI=1S/C33H43N5O7/c1-19(2)26(36-30(41)28(35-20(3)39)22-9-5-4-6-10-22)31(42)38-18-23(17-24(38)29(40)37-33(14-15-33)32(43)44)45-25-13-7-11-21-12-8-16-34-27(21)25/h7-8,11-13,16,19,22-24,26,28H,4-6,9-10,14-15,17-18H2,1-3H3,(H,35,39)(H,36,41)(H,37,40)(H,43,44)/t23-,24+,26+,28+/m1/s1. The lowest BCUT2D eigenvalue weighted by molar-refractivity contribution is -0.146. The Morgan fingerprint density at radius 3 is 2.38 bits per heavy atom. The van der Waals surface area contributed by atoms with Crippen LogP contribution >= 0.6 is 0 Å². The normalized spacial score (nSPS) is 22.4. The number of para-hydroxylation sites is 1. The molecule has 1 aromatic heterocycles. The monoisotopic (exact) mass is 621 g/mol. The lowest BCUT2D eigenvalue weighted by Gasteiger charge is -2.34. The summed E-state index contributed by atoms with van der Waals surface area (Å²) in [5, 5.41) is 18.9. The quantitative estimate of drug-likeness (QED) is 0.297. The summed E-state index contributed by atoms with van der Waals surface area (Å²) < 4.78 is 6.34. The third-order valence-corrected chi connectivity index (χ3v) is 9.25. The van der Waals surface area contributed by atoms with E-state index in [1.165, 1.54) is 11.8 Å². The van der Waals surface area contributed by atoms with Crippen LogP contribution in [0, 0.1) is 11.8 Å². The van der Waals surface area contributed by atoms with Crippen LogP contribution in [0.2, 0.25) is 0 Å². The minimum absolute atomic E-state index is 0.0336. The molecule has 1 aliphatic heterocycles. The molecule has 3 aliphatic rings. The number of nitrogens with one attached hydrogen (secondary N) is 3. The number of rotatable bonds is 11. The number of aliphatic carboxylic acids is 1. The number of likely N-dealkylation sites (tertiary alicyclic amines) is 1. The molecule has 0 bridgehead atoms. The molecule has 1 aromatic carbocycles. The van der Waals surface area contributed by atoms with Crippen molar-refractivity contribution >= 4 is 40.5 Å². The van der Waals surface area contributed by atoms with Crippen molar-refractivity contribution < 1.29 is 33.8 Å². The fourth-order valence-corrected chi connectivity index (χ4v) is 6.58. The van der Waals surface area contributed by atoms with Crippen LogP contribution < -0.4 is 20.7 Å². The first kappa shape index (κ1) is 32.2. The van der Waals surface area contributed by atoms with Gasteiger partial charge in [0.25, 0.3) is 0 Å². The highest BCUT2D eigenvalue weighted by molar-refractivity contribution is 5.97. The number of benzene rings is 1. The summed E-state index contributed by atoms with van der Waals surface area (Å²) in [6.07, 6.45) is 6.46. The predicted octanol–water partition coefficient (Wildman–Crippen LogP) is 2.54. The summed E-state index contributed by atoms with van der Waals surface area (Å²) in [4.78, 5) is 71.3. The summed E-state index contributed by atoms with van der Waals surface area (Å²) in [7, 11) is 0. The Balaban J connectivity index is 1.38. The Bertz CT molecular complexity index is 1450. The summed E-state index contributed by atoms with van der Waals surface area (Å²) in [6, 6.07) is 6.50. The summed E-state index contributed by atoms with van der Waals surface area (Å²) in [6.45, 7) is 5.04. The number of hydrogen-bond donors (Lipinski definition) is 4. The van der Waals surface area contributed by atoms with Crippen LogP contribution in [0.3, 0.4) is 0 Å². The third kappa shape index (κ3) is 7.20. The molecular formula is C33H43N5O7. The van der Waals surface area contributed by atoms with Crippen LogP contribution in [-0.2, 0) is 24.0 Å². The number of hydrogen-bond acceptors (Lipinski definition) is 7. The topological polar surface area (TPSA) is 167 Å². The van der Waals surface area contributed by atoms with Gasteiger partial charge in [0.15, 0.2) is 0 Å². The maximum absolute atomic E-state index is 14.2. The molecule has 0 spiro atoms. The Kier molecular flexibility index (Phi) is 9.59. The fourth-order valence-electron chi connectivity index (χ4n) is 6.58. The van der Waals surface area contributed by atoms with Crippen LogP contribution in [-0.4, -0.2) is 80.9 Å². The van der Waals surface area contributed by atoms with Gasteiger partial charge in [0.1, 0.15) is 41.0 Å². The molecule has 2 aliphatic carbocycles. The van der Waals surface area contributed by atoms with Crippen molar-refractivity contribution in [3.8, 4) is 5.75 Å². The molecule has 12 heteroatoms. The molecule has 4 atom stereocenters. The highest BCUT2D eigenvalue weighted by Crippen LogP contribution is 2.37. The van der Waals surface area contributed by atoms with Gasteiger partial charge in [0.05, 0.1) is 6.54 Å². The van der Waals surface area contributed by atoms with Gasteiger partial charge in [-0.3, -0.25) is 24.2 Å². The van der Waals surface area contributed by atoms with Crippen molar-refractivity contribution in [2.24, 2.45) is 11.8 Å². The molecule has 2 heterocycles. The zero-order chi connectivity index (χ0) is 32.3. The molecular weight excluding hydrogens is 578 g/mol. The molecule has 12 nitrogen and oxygen atoms in total. The van der Waals surface area contributed by atoms with Crippen molar-refractivity contribution in [2.45, 2.75) is 102 Å². The van der Waals surface area contributed by atoms with Crippen molar-refractivity contribution in [3.05, 3.63) is 36.5 Å². The molecule has 4 amide bonds. The average Bonchev–Trinajstić information content (AvgIpc) is 3.68. The molecule has 0 radical (unpaired) electrons. The van der Waals surface area contributed by atoms with Gasteiger partial charge in [-0.15, -0.1) is 0 Å². The first-order valence-corrected chi connectivity index (χ1v) is 15.9. The second-order valence-electron chi connectivity index (χ2n) is 13.0. The third-order valence-electron chi connectivity index (χ3n) is 9.25. The van der Waals surface area contributed by atoms with E-state index in [0.717, 1.165) is 37.5 Å². The van der Waals surface area contributed by atoms with Gasteiger partial charge in [-0.25, -0.2) is 4.79 Å². The number of pyridine rings is 1. The molecule has 2 saturated carbocycles. The largest absolute Gasteiger partial charge is 0.486 e. The van der Waals surface area contributed by atoms with Crippen LogP contribution in [0.1, 0.15) is 72.1 Å². The van der Waals surface area contributed by atoms with Gasteiger partial charge in [0, 0.05) is 24.9 Å². The second kappa shape index (κ2) is 13.4. The Morgan fingerprint density at radius 2 is 1.73 bits per heavy atom. The van der Waals surface area contributed by atoms with Crippen molar-refractivity contribution in [2.75, 3.05) is 6.54 Å². The number of ether oxygens (including phenoxy) is 1. The second-order valence-corrected chi connectivity index (χ2v) is 13.0. The number of amides is 4. The molecule has 4 N–H and O–H groups in total. The minimum Gasteiger partial charge on any atom is -0.486 e. The van der Waals surface area contributed by atoms with Crippen molar-refractivity contribution in [1.29, 1.82) is 0 Å². The van der Waals surface area contributed by atoms with Gasteiger partial charge >= 0.3 is 5.97 Å². The molecule has 242 valence electrons. The lowest BCUT2D eigenvalue weighted by Crippen LogP contribution is -2.60. The predicted molar refractivity (Wildman–Crippen MR) is 165 cm³/mol. The lowest BCUT2D eigenvalue weighted by atomic mass is 9.83. The first-order chi connectivity index (χ1) is 21.5. The van der Waals surface area contributed by atoms with Gasteiger partial charge in [-0.1, -0.05) is 51.3 Å². The highest BCUT2D eigenvalue weighted by Gasteiger charge is 2.54. The van der Waals surface area contributed by atoms with E-state index in [0.29, 0.717) is 24.1 Å². The Labute approximate surface area is 262 Å². The summed E-state index contributed by atoms with van der Waals surface area (Å²) >= 11 is 0. The molecule has 5 rings (SSSR count). The Morgan fingerprint density at radius 1 is 1.02 bits per heavy atom.